The molecule has 0 saturated carbocycles. The Balaban J connectivity index is 1.61. The van der Waals surface area contributed by atoms with Crippen molar-refractivity contribution in [1.29, 1.82) is 0 Å². The van der Waals surface area contributed by atoms with E-state index in [9.17, 15) is 9.59 Å². The van der Waals surface area contributed by atoms with Gasteiger partial charge in [-0.05, 0) is 25.0 Å². The average molecular weight is 336 g/mol. The molecule has 0 radical (unpaired) electrons. The summed E-state index contributed by atoms with van der Waals surface area (Å²) >= 11 is 1.30. The topological polar surface area (TPSA) is 92.4 Å². The molecule has 124 valence electrons. The van der Waals surface area contributed by atoms with E-state index in [4.69, 9.17) is 9.52 Å². The minimum absolute atomic E-state index is 0.119. The molecule has 1 amide bonds. The number of nitrogens with one attached hydrogen (secondary N) is 1. The van der Waals surface area contributed by atoms with E-state index in [1.54, 1.807) is 18.5 Å². The molecule has 0 aliphatic carbocycles. The van der Waals surface area contributed by atoms with E-state index in [-0.39, 0.29) is 12.3 Å². The van der Waals surface area contributed by atoms with Crippen LogP contribution in [0, 0.1) is 0 Å². The average Bonchev–Trinajstić information content (AvgIpc) is 3.19. The van der Waals surface area contributed by atoms with Crippen LogP contribution in [-0.2, 0) is 4.79 Å². The Morgan fingerprint density at radius 1 is 1.22 bits per heavy atom. The number of aromatic nitrogens is 1. The maximum Gasteiger partial charge on any atom is 0.303 e. The summed E-state index contributed by atoms with van der Waals surface area (Å²) in [4.78, 5) is 27.1. The first-order valence-corrected chi connectivity index (χ1v) is 8.48. The van der Waals surface area contributed by atoms with Crippen molar-refractivity contribution in [3.63, 3.8) is 0 Å². The minimum atomic E-state index is -0.740. The third kappa shape index (κ3) is 5.86. The van der Waals surface area contributed by atoms with Gasteiger partial charge in [0.15, 0.2) is 10.8 Å². The summed E-state index contributed by atoms with van der Waals surface area (Å²) in [5.41, 5.74) is 0. The van der Waals surface area contributed by atoms with Gasteiger partial charge in [-0.3, -0.25) is 9.59 Å². The number of aliphatic carboxylic acids is 1. The van der Waals surface area contributed by atoms with Gasteiger partial charge in [0.2, 0.25) is 0 Å². The number of carboxylic acids is 1. The van der Waals surface area contributed by atoms with Crippen LogP contribution in [0.2, 0.25) is 0 Å². The molecular weight excluding hydrogens is 316 g/mol. The minimum Gasteiger partial charge on any atom is -0.481 e. The molecule has 0 aromatic carbocycles. The van der Waals surface area contributed by atoms with Gasteiger partial charge >= 0.3 is 5.97 Å². The summed E-state index contributed by atoms with van der Waals surface area (Å²) in [5, 5.41) is 12.1. The monoisotopic (exact) mass is 336 g/mol. The zero-order valence-corrected chi connectivity index (χ0v) is 13.6. The lowest BCUT2D eigenvalue weighted by atomic mass is 10.1. The first kappa shape index (κ1) is 17.2. The lowest BCUT2D eigenvalue weighted by molar-refractivity contribution is -0.137. The van der Waals surface area contributed by atoms with Crippen LogP contribution in [0.1, 0.15) is 48.2 Å². The van der Waals surface area contributed by atoms with E-state index in [2.05, 4.69) is 10.3 Å². The molecule has 2 aromatic heterocycles. The summed E-state index contributed by atoms with van der Waals surface area (Å²) in [6, 6.07) is 3.60. The largest absolute Gasteiger partial charge is 0.481 e. The first-order chi connectivity index (χ1) is 11.2. The van der Waals surface area contributed by atoms with Crippen LogP contribution in [0.25, 0.3) is 10.8 Å². The summed E-state index contributed by atoms with van der Waals surface area (Å²) in [5.74, 6) is -0.197. The maximum atomic E-state index is 12.0. The molecule has 2 N–H and O–H groups in total. The molecule has 0 spiro atoms. The molecule has 2 heterocycles. The lowest BCUT2D eigenvalue weighted by Gasteiger charge is -2.03. The van der Waals surface area contributed by atoms with Crippen molar-refractivity contribution in [3.05, 3.63) is 29.5 Å². The fraction of sp³-hybridized carbons (Fsp3) is 0.438. The van der Waals surface area contributed by atoms with E-state index < -0.39 is 5.97 Å². The van der Waals surface area contributed by atoms with Gasteiger partial charge in [0.25, 0.3) is 5.91 Å². The molecule has 0 unspecified atom stereocenters. The fourth-order valence-corrected chi connectivity index (χ4v) is 2.91. The number of amides is 1. The Hall–Kier alpha value is -2.15. The molecule has 2 rings (SSSR count). The van der Waals surface area contributed by atoms with Crippen LogP contribution in [0.15, 0.2) is 29.0 Å². The van der Waals surface area contributed by atoms with Gasteiger partial charge in [0.1, 0.15) is 4.88 Å². The summed E-state index contributed by atoms with van der Waals surface area (Å²) in [7, 11) is 0. The SMILES string of the molecule is O=C(O)CCCCCCCNC(=O)c1cnc(-c2ccco2)s1. The molecule has 0 bridgehead atoms. The first-order valence-electron chi connectivity index (χ1n) is 7.66. The van der Waals surface area contributed by atoms with Gasteiger partial charge < -0.3 is 14.8 Å². The highest BCUT2D eigenvalue weighted by molar-refractivity contribution is 7.16. The second kappa shape index (κ2) is 9.09. The molecule has 0 aliphatic rings. The molecule has 6 nitrogen and oxygen atoms in total. The number of thiazole rings is 1. The number of rotatable bonds is 10. The van der Waals surface area contributed by atoms with Crippen LogP contribution >= 0.6 is 11.3 Å². The molecule has 23 heavy (non-hydrogen) atoms. The molecular formula is C16H20N2O4S. The van der Waals surface area contributed by atoms with Crippen LogP contribution in [0.5, 0.6) is 0 Å². The smallest absolute Gasteiger partial charge is 0.303 e. The zero-order valence-electron chi connectivity index (χ0n) is 12.8. The predicted octanol–water partition coefficient (Wildman–Crippen LogP) is 3.56. The van der Waals surface area contributed by atoms with Crippen LogP contribution in [0.3, 0.4) is 0 Å². The second-order valence-electron chi connectivity index (χ2n) is 5.17. The Labute approximate surface area is 138 Å². The van der Waals surface area contributed by atoms with E-state index in [1.165, 1.54) is 11.3 Å². The molecule has 7 heteroatoms. The van der Waals surface area contributed by atoms with E-state index >= 15 is 0 Å². The molecule has 0 saturated heterocycles. The van der Waals surface area contributed by atoms with Crippen molar-refractivity contribution < 1.29 is 19.1 Å². The Kier molecular flexibility index (Phi) is 6.80. The summed E-state index contributed by atoms with van der Waals surface area (Å²) in [6.45, 7) is 0.617. The number of carbonyl (C=O) groups excluding carboxylic acids is 1. The normalized spacial score (nSPS) is 10.6. The number of hydrogen-bond donors (Lipinski definition) is 2. The van der Waals surface area contributed by atoms with Crippen molar-refractivity contribution in [1.82, 2.24) is 10.3 Å². The zero-order chi connectivity index (χ0) is 16.5. The Morgan fingerprint density at radius 2 is 2.00 bits per heavy atom. The number of unbranched alkanes of at least 4 members (excludes halogenated alkanes) is 4. The molecule has 2 aromatic rings. The standard InChI is InChI=1S/C16H20N2O4S/c19-14(20)8-4-2-1-3-5-9-17-15(21)13-11-18-16(23-13)12-7-6-10-22-12/h6-7,10-11H,1-5,8-9H2,(H,17,21)(H,19,20). The van der Waals surface area contributed by atoms with Crippen molar-refractivity contribution in [3.8, 4) is 10.8 Å². The third-order valence-electron chi connectivity index (χ3n) is 3.31. The number of furan rings is 1. The number of nitrogens with zero attached hydrogens (tertiary/aromatic N) is 1. The number of carboxylic acid groups (broad SMARTS) is 1. The molecule has 0 aliphatic heterocycles. The van der Waals surface area contributed by atoms with Gasteiger partial charge in [-0.25, -0.2) is 4.98 Å². The summed E-state index contributed by atoms with van der Waals surface area (Å²) in [6.07, 6.45) is 7.88. The highest BCUT2D eigenvalue weighted by Crippen LogP contribution is 2.25. The fourth-order valence-electron chi connectivity index (χ4n) is 2.11. The van der Waals surface area contributed by atoms with Crippen molar-refractivity contribution in [2.45, 2.75) is 38.5 Å². The van der Waals surface area contributed by atoms with E-state index in [0.29, 0.717) is 22.2 Å². The van der Waals surface area contributed by atoms with E-state index in [1.807, 2.05) is 6.07 Å². The second-order valence-corrected chi connectivity index (χ2v) is 6.21. The highest BCUT2D eigenvalue weighted by Gasteiger charge is 2.12. The molecule has 0 fully saturated rings. The lowest BCUT2D eigenvalue weighted by Crippen LogP contribution is -2.23. The van der Waals surface area contributed by atoms with Crippen molar-refractivity contribution in [2.24, 2.45) is 0 Å². The van der Waals surface area contributed by atoms with Gasteiger partial charge in [-0.1, -0.05) is 19.3 Å². The van der Waals surface area contributed by atoms with Gasteiger partial charge in [-0.15, -0.1) is 11.3 Å². The molecule has 0 atom stereocenters. The van der Waals surface area contributed by atoms with Crippen LogP contribution in [-0.4, -0.2) is 28.5 Å². The van der Waals surface area contributed by atoms with Crippen molar-refractivity contribution >= 4 is 23.2 Å². The quantitative estimate of drug-likeness (QED) is 0.647. The van der Waals surface area contributed by atoms with E-state index in [0.717, 1.165) is 32.1 Å². The van der Waals surface area contributed by atoms with Crippen LogP contribution < -0.4 is 5.32 Å². The number of carbonyl (C=O) groups is 2. The van der Waals surface area contributed by atoms with Gasteiger partial charge in [0, 0.05) is 13.0 Å². The Bertz CT molecular complexity index is 622. The Morgan fingerprint density at radius 3 is 2.74 bits per heavy atom. The number of hydrogen-bond acceptors (Lipinski definition) is 5. The summed E-state index contributed by atoms with van der Waals surface area (Å²) < 4.78 is 5.25. The van der Waals surface area contributed by atoms with Gasteiger partial charge in [-0.2, -0.15) is 0 Å². The van der Waals surface area contributed by atoms with Crippen LogP contribution in [0.4, 0.5) is 0 Å². The maximum absolute atomic E-state index is 12.0. The van der Waals surface area contributed by atoms with Crippen molar-refractivity contribution in [2.75, 3.05) is 6.54 Å². The highest BCUT2D eigenvalue weighted by atomic mass is 32.1. The predicted molar refractivity (Wildman–Crippen MR) is 87.5 cm³/mol. The third-order valence-corrected chi connectivity index (χ3v) is 4.33. The van der Waals surface area contributed by atoms with Gasteiger partial charge in [0.05, 0.1) is 12.5 Å².